The third kappa shape index (κ3) is 4.74. The zero-order valence-corrected chi connectivity index (χ0v) is 14.1. The first-order chi connectivity index (χ1) is 11.2. The van der Waals surface area contributed by atoms with E-state index in [9.17, 15) is 9.90 Å². The number of carbonyl (C=O) groups excluding carboxylic acids is 1. The Balaban J connectivity index is 1.96. The second-order valence-electron chi connectivity index (χ2n) is 5.20. The number of amides is 2. The molecule has 0 bridgehead atoms. The predicted molar refractivity (Wildman–Crippen MR) is 91.7 cm³/mol. The molecule has 6 nitrogen and oxygen atoms in total. The van der Waals surface area contributed by atoms with Gasteiger partial charge in [0, 0.05) is 5.92 Å². The van der Waals surface area contributed by atoms with Gasteiger partial charge in [0.25, 0.3) is 0 Å². The molecule has 2 aromatic rings. The van der Waals surface area contributed by atoms with E-state index in [1.54, 1.807) is 0 Å². The number of hydrogen-bond donors (Lipinski definition) is 3. The van der Waals surface area contributed by atoms with Gasteiger partial charge in [-0.3, -0.25) is 5.32 Å². The number of nitrogens with zero attached hydrogens (tertiary/aromatic N) is 2. The number of benzene rings is 1. The summed E-state index contributed by atoms with van der Waals surface area (Å²) in [6.07, 6.45) is 2.00. The lowest BCUT2D eigenvalue weighted by Crippen LogP contribution is -2.34. The van der Waals surface area contributed by atoms with E-state index >= 15 is 0 Å². The topological polar surface area (TPSA) is 87.1 Å². The Labute approximate surface area is 140 Å². The molecular formula is C16H22N4O2S. The second-order valence-corrected chi connectivity index (χ2v) is 6.21. The highest BCUT2D eigenvalue weighted by molar-refractivity contribution is 7.15. The molecule has 1 aromatic heterocycles. The summed E-state index contributed by atoms with van der Waals surface area (Å²) in [6.45, 7) is 4.05. The van der Waals surface area contributed by atoms with Crippen LogP contribution in [-0.4, -0.2) is 27.9 Å². The molecule has 124 valence electrons. The van der Waals surface area contributed by atoms with Crippen molar-refractivity contribution in [3.05, 3.63) is 40.9 Å². The molecule has 1 aromatic carbocycles. The van der Waals surface area contributed by atoms with Gasteiger partial charge in [-0.2, -0.15) is 0 Å². The van der Waals surface area contributed by atoms with Crippen molar-refractivity contribution < 1.29 is 9.90 Å². The smallest absolute Gasteiger partial charge is 0.321 e. The van der Waals surface area contributed by atoms with Gasteiger partial charge < -0.3 is 10.4 Å². The molecule has 0 fully saturated rings. The van der Waals surface area contributed by atoms with Crippen molar-refractivity contribution >= 4 is 22.5 Å². The van der Waals surface area contributed by atoms with Gasteiger partial charge in [-0.1, -0.05) is 55.5 Å². The van der Waals surface area contributed by atoms with Crippen LogP contribution in [0.1, 0.15) is 49.2 Å². The largest absolute Gasteiger partial charge is 0.394 e. The van der Waals surface area contributed by atoms with E-state index in [4.69, 9.17) is 0 Å². The van der Waals surface area contributed by atoms with Crippen molar-refractivity contribution in [3.8, 4) is 0 Å². The molecule has 2 amide bonds. The van der Waals surface area contributed by atoms with Crippen molar-refractivity contribution in [2.24, 2.45) is 0 Å². The Hall–Kier alpha value is -1.99. The van der Waals surface area contributed by atoms with Crippen LogP contribution in [0.3, 0.4) is 0 Å². The van der Waals surface area contributed by atoms with Crippen molar-refractivity contribution in [2.45, 2.75) is 38.6 Å². The Bertz CT molecular complexity index is 614. The maximum atomic E-state index is 12.1. The molecule has 1 atom stereocenters. The van der Waals surface area contributed by atoms with Crippen LogP contribution in [0.2, 0.25) is 0 Å². The van der Waals surface area contributed by atoms with Gasteiger partial charge in [0.15, 0.2) is 0 Å². The van der Waals surface area contributed by atoms with E-state index in [1.807, 2.05) is 30.3 Å². The number of anilines is 1. The number of aromatic nitrogens is 2. The average molecular weight is 334 g/mol. The number of aliphatic hydroxyl groups is 1. The highest BCUT2D eigenvalue weighted by Crippen LogP contribution is 2.28. The van der Waals surface area contributed by atoms with Crippen molar-refractivity contribution in [3.63, 3.8) is 0 Å². The maximum absolute atomic E-state index is 12.1. The zero-order chi connectivity index (χ0) is 16.7. The van der Waals surface area contributed by atoms with Gasteiger partial charge >= 0.3 is 6.03 Å². The summed E-state index contributed by atoms with van der Waals surface area (Å²) in [6, 6.07) is 8.48. The summed E-state index contributed by atoms with van der Waals surface area (Å²) in [7, 11) is 0. The van der Waals surface area contributed by atoms with E-state index in [0.29, 0.717) is 11.0 Å². The number of aliphatic hydroxyl groups excluding tert-OH is 1. The van der Waals surface area contributed by atoms with Gasteiger partial charge in [0.1, 0.15) is 5.01 Å². The number of nitrogens with one attached hydrogen (secondary N) is 2. The van der Waals surface area contributed by atoms with Crippen LogP contribution in [0.4, 0.5) is 9.93 Å². The molecule has 23 heavy (non-hydrogen) atoms. The van der Waals surface area contributed by atoms with Crippen LogP contribution in [0.25, 0.3) is 0 Å². The lowest BCUT2D eigenvalue weighted by atomic mass is 10.1. The SMILES string of the molecule is CCC(CC)c1nnc(NC(=O)N[C@H](CO)c2ccccc2)s1. The molecule has 0 unspecified atom stereocenters. The van der Waals surface area contributed by atoms with Crippen molar-refractivity contribution in [2.75, 3.05) is 11.9 Å². The van der Waals surface area contributed by atoms with Crippen molar-refractivity contribution in [1.82, 2.24) is 15.5 Å². The Morgan fingerprint density at radius 2 is 1.91 bits per heavy atom. The Kier molecular flexibility index (Phi) is 6.49. The lowest BCUT2D eigenvalue weighted by molar-refractivity contribution is 0.225. The highest BCUT2D eigenvalue weighted by atomic mass is 32.1. The predicted octanol–water partition coefficient (Wildman–Crippen LogP) is 3.30. The minimum Gasteiger partial charge on any atom is -0.394 e. The summed E-state index contributed by atoms with van der Waals surface area (Å²) in [5.74, 6) is 0.376. The molecule has 0 aliphatic carbocycles. The molecule has 7 heteroatoms. The molecular weight excluding hydrogens is 312 g/mol. The highest BCUT2D eigenvalue weighted by Gasteiger charge is 2.17. The fraction of sp³-hybridized carbons (Fsp3) is 0.438. The van der Waals surface area contributed by atoms with E-state index in [1.165, 1.54) is 11.3 Å². The van der Waals surface area contributed by atoms with Crippen LogP contribution in [0, 0.1) is 0 Å². The first kappa shape index (κ1) is 17.4. The summed E-state index contributed by atoms with van der Waals surface area (Å²) >= 11 is 1.39. The summed E-state index contributed by atoms with van der Waals surface area (Å²) < 4.78 is 0. The molecule has 0 saturated heterocycles. The van der Waals surface area contributed by atoms with Gasteiger partial charge in [-0.15, -0.1) is 10.2 Å². The normalized spacial score (nSPS) is 12.2. The Morgan fingerprint density at radius 3 is 2.52 bits per heavy atom. The minimum atomic E-state index is -0.456. The van der Waals surface area contributed by atoms with E-state index in [2.05, 4.69) is 34.7 Å². The van der Waals surface area contributed by atoms with E-state index < -0.39 is 12.1 Å². The van der Waals surface area contributed by atoms with Gasteiger partial charge in [0.05, 0.1) is 12.6 Å². The van der Waals surface area contributed by atoms with Gasteiger partial charge in [-0.05, 0) is 18.4 Å². The van der Waals surface area contributed by atoms with Crippen LogP contribution in [0.15, 0.2) is 30.3 Å². The monoisotopic (exact) mass is 334 g/mol. The van der Waals surface area contributed by atoms with Crippen LogP contribution < -0.4 is 10.6 Å². The number of urea groups is 1. The lowest BCUT2D eigenvalue weighted by Gasteiger charge is -2.16. The molecule has 0 spiro atoms. The van der Waals surface area contributed by atoms with E-state index in [0.717, 1.165) is 23.4 Å². The summed E-state index contributed by atoms with van der Waals surface area (Å²) in [4.78, 5) is 12.1. The summed E-state index contributed by atoms with van der Waals surface area (Å²) in [5, 5.41) is 24.4. The van der Waals surface area contributed by atoms with Crippen LogP contribution in [0.5, 0.6) is 0 Å². The minimum absolute atomic E-state index is 0.174. The van der Waals surface area contributed by atoms with Gasteiger partial charge in [0.2, 0.25) is 5.13 Å². The van der Waals surface area contributed by atoms with Gasteiger partial charge in [-0.25, -0.2) is 4.79 Å². The third-order valence-electron chi connectivity index (χ3n) is 3.69. The molecule has 0 saturated carbocycles. The molecule has 0 aliphatic heterocycles. The fourth-order valence-corrected chi connectivity index (χ4v) is 3.30. The van der Waals surface area contributed by atoms with Crippen molar-refractivity contribution in [1.29, 1.82) is 0 Å². The maximum Gasteiger partial charge on any atom is 0.321 e. The van der Waals surface area contributed by atoms with Crippen LogP contribution >= 0.6 is 11.3 Å². The molecule has 0 aliphatic rings. The average Bonchev–Trinajstić information content (AvgIpc) is 3.02. The molecule has 0 radical (unpaired) electrons. The summed E-state index contributed by atoms with van der Waals surface area (Å²) in [5.41, 5.74) is 0.847. The second kappa shape index (κ2) is 8.59. The van der Waals surface area contributed by atoms with Crippen LogP contribution in [-0.2, 0) is 0 Å². The third-order valence-corrected chi connectivity index (χ3v) is 4.69. The zero-order valence-electron chi connectivity index (χ0n) is 13.3. The number of hydrogen-bond acceptors (Lipinski definition) is 5. The number of carbonyl (C=O) groups is 1. The quantitative estimate of drug-likeness (QED) is 0.725. The standard InChI is InChI=1S/C16H22N4O2S/c1-3-11(4-2)14-19-20-16(23-14)18-15(22)17-13(10-21)12-8-6-5-7-9-12/h5-9,11,13,21H,3-4,10H2,1-2H3,(H2,17,18,20,22)/t13-/m1/s1. The molecule has 2 rings (SSSR count). The molecule has 1 heterocycles. The van der Waals surface area contributed by atoms with E-state index in [-0.39, 0.29) is 6.61 Å². The first-order valence-corrected chi connectivity index (χ1v) is 8.56. The fourth-order valence-electron chi connectivity index (χ4n) is 2.30. The number of rotatable bonds is 7. The molecule has 3 N–H and O–H groups in total. The first-order valence-electron chi connectivity index (χ1n) is 7.74. The Morgan fingerprint density at radius 1 is 1.22 bits per heavy atom.